The lowest BCUT2D eigenvalue weighted by molar-refractivity contribution is -0.117. The fraction of sp³-hybridized carbons (Fsp3) is 0.455. The van der Waals surface area contributed by atoms with Crippen LogP contribution in [-0.4, -0.2) is 30.8 Å². The molecule has 8 heteroatoms. The molecule has 0 aliphatic heterocycles. The molecule has 0 atom stereocenters. The van der Waals surface area contributed by atoms with Crippen LogP contribution in [0.2, 0.25) is 0 Å². The van der Waals surface area contributed by atoms with Crippen LogP contribution in [0.3, 0.4) is 0 Å². The minimum Gasteiger partial charge on any atom is -0.324 e. The number of hydrogen-bond acceptors (Lipinski definition) is 5. The fourth-order valence-electron chi connectivity index (χ4n) is 3.64. The van der Waals surface area contributed by atoms with E-state index in [1.165, 1.54) is 49.6 Å². The lowest BCUT2D eigenvalue weighted by Gasteiger charge is -2.15. The molecule has 1 aliphatic rings. The molecule has 30 heavy (non-hydrogen) atoms. The number of aromatic nitrogens is 1. The molecule has 0 spiro atoms. The molecular formula is C22H27FN2O3S2. The van der Waals surface area contributed by atoms with E-state index in [-0.39, 0.29) is 22.3 Å². The van der Waals surface area contributed by atoms with E-state index in [4.69, 9.17) is 0 Å². The van der Waals surface area contributed by atoms with Gasteiger partial charge in [-0.05, 0) is 55.2 Å². The Labute approximate surface area is 181 Å². The largest absolute Gasteiger partial charge is 0.324 e. The van der Waals surface area contributed by atoms with Crippen LogP contribution in [0, 0.1) is 11.7 Å². The van der Waals surface area contributed by atoms with E-state index in [9.17, 15) is 17.6 Å². The van der Waals surface area contributed by atoms with Crippen LogP contribution in [-0.2, 0) is 14.6 Å². The van der Waals surface area contributed by atoms with Gasteiger partial charge in [-0.2, -0.15) is 0 Å². The highest BCUT2D eigenvalue weighted by atomic mass is 32.2. The van der Waals surface area contributed by atoms with Crippen LogP contribution >= 0.6 is 11.8 Å². The highest BCUT2D eigenvalue weighted by molar-refractivity contribution is 8.00. The fourth-order valence-corrected chi connectivity index (χ4v) is 6.24. The van der Waals surface area contributed by atoms with Crippen LogP contribution in [0.5, 0.6) is 0 Å². The molecule has 0 unspecified atom stereocenters. The number of carbonyl (C=O) groups excluding carboxylic acids is 1. The average Bonchev–Trinajstić information content (AvgIpc) is 2.98. The number of pyridine rings is 1. The van der Waals surface area contributed by atoms with Gasteiger partial charge in [-0.3, -0.25) is 4.79 Å². The highest BCUT2D eigenvalue weighted by Crippen LogP contribution is 2.28. The van der Waals surface area contributed by atoms with Crippen molar-refractivity contribution >= 4 is 33.2 Å². The van der Waals surface area contributed by atoms with Crippen molar-refractivity contribution in [3.05, 3.63) is 48.4 Å². The summed E-state index contributed by atoms with van der Waals surface area (Å²) in [6, 6.07) is 8.36. The van der Waals surface area contributed by atoms with Gasteiger partial charge in [-0.25, -0.2) is 17.8 Å². The zero-order valence-corrected chi connectivity index (χ0v) is 18.5. The van der Waals surface area contributed by atoms with Crippen molar-refractivity contribution in [2.75, 3.05) is 16.8 Å². The molecule has 0 saturated heterocycles. The first kappa shape index (κ1) is 22.7. The average molecular weight is 451 g/mol. The second kappa shape index (κ2) is 10.9. The number of amides is 1. The number of thioether (sulfide) groups is 1. The van der Waals surface area contributed by atoms with Crippen molar-refractivity contribution in [2.45, 2.75) is 54.9 Å². The molecule has 162 valence electrons. The smallest absolute Gasteiger partial charge is 0.224 e. The van der Waals surface area contributed by atoms with Gasteiger partial charge in [-0.15, -0.1) is 11.8 Å². The molecule has 1 heterocycles. The molecule has 1 amide bonds. The molecule has 5 nitrogen and oxygen atoms in total. The van der Waals surface area contributed by atoms with Crippen LogP contribution in [0.1, 0.15) is 44.9 Å². The monoisotopic (exact) mass is 450 g/mol. The molecule has 1 aromatic heterocycles. The number of anilines is 1. The third-order valence-electron chi connectivity index (χ3n) is 5.26. The SMILES string of the molecule is O=C(CC1CCCCCC1)Nc1cccnc1SCCS(=O)(=O)c1ccc(F)cc1. The van der Waals surface area contributed by atoms with E-state index in [0.29, 0.717) is 23.1 Å². The second-order valence-corrected chi connectivity index (χ2v) is 10.8. The third kappa shape index (κ3) is 6.80. The van der Waals surface area contributed by atoms with E-state index in [2.05, 4.69) is 10.3 Å². The van der Waals surface area contributed by atoms with Gasteiger partial charge >= 0.3 is 0 Å². The Bertz CT molecular complexity index is 941. The summed E-state index contributed by atoms with van der Waals surface area (Å²) in [4.78, 5) is 16.9. The zero-order valence-electron chi connectivity index (χ0n) is 16.8. The first-order chi connectivity index (χ1) is 14.4. The summed E-state index contributed by atoms with van der Waals surface area (Å²) < 4.78 is 37.9. The lowest BCUT2D eigenvalue weighted by Crippen LogP contribution is -2.17. The molecule has 2 aromatic rings. The summed E-state index contributed by atoms with van der Waals surface area (Å²) in [6.45, 7) is 0. The molecule has 1 fully saturated rings. The Balaban J connectivity index is 1.55. The first-order valence-corrected chi connectivity index (χ1v) is 12.9. The number of rotatable bonds is 8. The maximum Gasteiger partial charge on any atom is 0.224 e. The van der Waals surface area contributed by atoms with Crippen molar-refractivity contribution in [2.24, 2.45) is 5.92 Å². The molecular weight excluding hydrogens is 423 g/mol. The number of carbonyl (C=O) groups is 1. The molecule has 0 bridgehead atoms. The normalized spacial score (nSPS) is 15.5. The van der Waals surface area contributed by atoms with Gasteiger partial charge in [0.2, 0.25) is 5.91 Å². The Kier molecular flexibility index (Phi) is 8.27. The molecule has 1 saturated carbocycles. The minimum absolute atomic E-state index is 0.0179. The van der Waals surface area contributed by atoms with Gasteiger partial charge in [0.25, 0.3) is 0 Å². The topological polar surface area (TPSA) is 76.1 Å². The van der Waals surface area contributed by atoms with Gasteiger partial charge in [0, 0.05) is 18.4 Å². The number of nitrogens with one attached hydrogen (secondary N) is 1. The Morgan fingerprint density at radius 3 is 2.50 bits per heavy atom. The van der Waals surface area contributed by atoms with Crippen LogP contribution in [0.4, 0.5) is 10.1 Å². The first-order valence-electron chi connectivity index (χ1n) is 10.3. The van der Waals surface area contributed by atoms with Crippen molar-refractivity contribution in [3.63, 3.8) is 0 Å². The van der Waals surface area contributed by atoms with Crippen molar-refractivity contribution in [3.8, 4) is 0 Å². The summed E-state index contributed by atoms with van der Waals surface area (Å²) in [7, 11) is -3.51. The number of hydrogen-bond donors (Lipinski definition) is 1. The molecule has 0 radical (unpaired) electrons. The molecule has 3 rings (SSSR count). The standard InChI is InChI=1S/C22H27FN2O3S2/c23-18-9-11-19(12-10-18)30(27,28)15-14-29-22-20(8-5-13-24-22)25-21(26)16-17-6-3-1-2-4-7-17/h5,8-13,17H,1-4,6-7,14-16H2,(H,25,26). The van der Waals surface area contributed by atoms with Crippen molar-refractivity contribution in [1.29, 1.82) is 0 Å². The quantitative estimate of drug-likeness (QED) is 0.345. The van der Waals surface area contributed by atoms with Gasteiger partial charge < -0.3 is 5.32 Å². The van der Waals surface area contributed by atoms with Gasteiger partial charge in [0.1, 0.15) is 10.8 Å². The van der Waals surface area contributed by atoms with E-state index in [1.807, 2.05) is 0 Å². The third-order valence-corrected chi connectivity index (χ3v) is 8.26. The lowest BCUT2D eigenvalue weighted by atomic mass is 9.96. The summed E-state index contributed by atoms with van der Waals surface area (Å²) in [5.41, 5.74) is 0.611. The number of nitrogens with zero attached hydrogens (tertiary/aromatic N) is 1. The highest BCUT2D eigenvalue weighted by Gasteiger charge is 2.18. The zero-order chi connectivity index (χ0) is 21.4. The second-order valence-electron chi connectivity index (χ2n) is 7.59. The van der Waals surface area contributed by atoms with Gasteiger partial charge in [0.15, 0.2) is 9.84 Å². The Morgan fingerprint density at radius 1 is 1.10 bits per heavy atom. The van der Waals surface area contributed by atoms with Gasteiger partial charge in [0.05, 0.1) is 16.3 Å². The molecule has 1 aromatic carbocycles. The summed E-state index contributed by atoms with van der Waals surface area (Å²) >= 11 is 1.28. The Hall–Kier alpha value is -1.93. The minimum atomic E-state index is -3.51. The number of sulfone groups is 1. The molecule has 1 N–H and O–H groups in total. The number of benzene rings is 1. The van der Waals surface area contributed by atoms with Crippen molar-refractivity contribution < 1.29 is 17.6 Å². The number of halogens is 1. The molecule has 1 aliphatic carbocycles. The van der Waals surface area contributed by atoms with Crippen molar-refractivity contribution in [1.82, 2.24) is 4.98 Å². The van der Waals surface area contributed by atoms with Crippen LogP contribution in [0.25, 0.3) is 0 Å². The van der Waals surface area contributed by atoms with Gasteiger partial charge in [-0.1, -0.05) is 25.7 Å². The maximum absolute atomic E-state index is 13.0. The maximum atomic E-state index is 13.0. The summed E-state index contributed by atoms with van der Waals surface area (Å²) in [5.74, 6) is 0.121. The van der Waals surface area contributed by atoms with Crippen LogP contribution in [0.15, 0.2) is 52.5 Å². The van der Waals surface area contributed by atoms with E-state index < -0.39 is 15.7 Å². The Morgan fingerprint density at radius 2 is 1.80 bits per heavy atom. The van der Waals surface area contributed by atoms with E-state index >= 15 is 0 Å². The van der Waals surface area contributed by atoms with Crippen LogP contribution < -0.4 is 5.32 Å². The predicted molar refractivity (Wildman–Crippen MR) is 118 cm³/mol. The van der Waals surface area contributed by atoms with E-state index in [1.54, 1.807) is 18.3 Å². The summed E-state index contributed by atoms with van der Waals surface area (Å²) in [6.07, 6.45) is 9.22. The summed E-state index contributed by atoms with van der Waals surface area (Å²) in [5, 5.41) is 3.55. The van der Waals surface area contributed by atoms with E-state index in [0.717, 1.165) is 25.0 Å². The predicted octanol–water partition coefficient (Wildman–Crippen LogP) is 5.09.